The molecule has 0 aliphatic rings. The fourth-order valence-electron chi connectivity index (χ4n) is 0.692. The molecule has 14 heavy (non-hydrogen) atoms. The summed E-state index contributed by atoms with van der Waals surface area (Å²) in [5, 5.41) is 12.8. The molecule has 0 bridgehead atoms. The van der Waals surface area contributed by atoms with Gasteiger partial charge in [-0.2, -0.15) is 5.26 Å². The molecule has 0 aromatic carbocycles. The predicted octanol–water partition coefficient (Wildman–Crippen LogP) is -0.212. The highest BCUT2D eigenvalue weighted by atomic mass is 16.2. The van der Waals surface area contributed by atoms with E-state index in [1.807, 2.05) is 13.8 Å². The third-order valence-corrected chi connectivity index (χ3v) is 1.84. The summed E-state index contributed by atoms with van der Waals surface area (Å²) in [6.07, 6.45) is 0.945. The van der Waals surface area contributed by atoms with Crippen LogP contribution in [-0.2, 0) is 9.59 Å². The molecular formula is C9H15N3O2. The monoisotopic (exact) mass is 197 g/mol. The van der Waals surface area contributed by atoms with E-state index in [0.29, 0.717) is 12.5 Å². The Labute approximate surface area is 83.5 Å². The van der Waals surface area contributed by atoms with Crippen molar-refractivity contribution in [2.75, 3.05) is 13.1 Å². The maximum absolute atomic E-state index is 11.0. The third kappa shape index (κ3) is 5.14. The number of amides is 2. The Morgan fingerprint density at radius 3 is 2.43 bits per heavy atom. The first-order valence-corrected chi connectivity index (χ1v) is 4.54. The lowest BCUT2D eigenvalue weighted by atomic mass is 10.1. The van der Waals surface area contributed by atoms with Crippen LogP contribution in [-0.4, -0.2) is 24.9 Å². The fourth-order valence-corrected chi connectivity index (χ4v) is 0.692. The molecule has 0 fully saturated rings. The van der Waals surface area contributed by atoms with E-state index in [1.54, 1.807) is 6.07 Å². The molecule has 0 spiro atoms. The van der Waals surface area contributed by atoms with Gasteiger partial charge in [-0.3, -0.25) is 9.59 Å². The van der Waals surface area contributed by atoms with Gasteiger partial charge in [-0.1, -0.05) is 20.3 Å². The second-order valence-corrected chi connectivity index (χ2v) is 3.06. The minimum Gasteiger partial charge on any atom is -0.348 e. The maximum atomic E-state index is 11.0. The van der Waals surface area contributed by atoms with Crippen LogP contribution in [0.3, 0.4) is 0 Å². The predicted molar refractivity (Wildman–Crippen MR) is 51.1 cm³/mol. The average molecular weight is 197 g/mol. The summed E-state index contributed by atoms with van der Waals surface area (Å²) in [5.41, 5.74) is 0. The third-order valence-electron chi connectivity index (χ3n) is 1.84. The van der Waals surface area contributed by atoms with Gasteiger partial charge in [0.2, 0.25) is 0 Å². The normalized spacial score (nSPS) is 11.2. The smallest absolute Gasteiger partial charge is 0.310 e. The molecule has 0 aromatic rings. The van der Waals surface area contributed by atoms with Gasteiger partial charge in [-0.05, 0) is 5.92 Å². The second kappa shape index (κ2) is 6.89. The molecular weight excluding hydrogens is 182 g/mol. The summed E-state index contributed by atoms with van der Waals surface area (Å²) in [5.74, 6) is -1.09. The van der Waals surface area contributed by atoms with Crippen LogP contribution in [0.5, 0.6) is 0 Å². The molecule has 0 saturated carbocycles. The van der Waals surface area contributed by atoms with E-state index >= 15 is 0 Å². The van der Waals surface area contributed by atoms with Crippen LogP contribution in [0.2, 0.25) is 0 Å². The van der Waals surface area contributed by atoms with Gasteiger partial charge in [0.15, 0.2) is 0 Å². The van der Waals surface area contributed by atoms with Gasteiger partial charge in [-0.25, -0.2) is 0 Å². The molecule has 2 N–H and O–H groups in total. The second-order valence-electron chi connectivity index (χ2n) is 3.06. The van der Waals surface area contributed by atoms with Crippen LogP contribution in [0.1, 0.15) is 20.3 Å². The summed E-state index contributed by atoms with van der Waals surface area (Å²) in [7, 11) is 0. The van der Waals surface area contributed by atoms with E-state index < -0.39 is 11.8 Å². The summed E-state index contributed by atoms with van der Waals surface area (Å²) < 4.78 is 0. The van der Waals surface area contributed by atoms with Crippen molar-refractivity contribution in [3.05, 3.63) is 0 Å². The van der Waals surface area contributed by atoms with Crippen molar-refractivity contribution in [3.8, 4) is 6.07 Å². The minimum atomic E-state index is -0.755. The van der Waals surface area contributed by atoms with Crippen LogP contribution < -0.4 is 10.6 Å². The Hall–Kier alpha value is -1.57. The number of carbonyl (C=O) groups excluding carboxylic acids is 2. The minimum absolute atomic E-state index is 0.143. The van der Waals surface area contributed by atoms with Gasteiger partial charge in [0, 0.05) is 6.54 Å². The SMILES string of the molecule is CCC(C)CNC(=O)C(=O)NCC#N. The summed E-state index contributed by atoms with van der Waals surface area (Å²) in [6.45, 7) is 4.32. The molecule has 78 valence electrons. The molecule has 5 nitrogen and oxygen atoms in total. The van der Waals surface area contributed by atoms with Crippen molar-refractivity contribution < 1.29 is 9.59 Å². The van der Waals surface area contributed by atoms with E-state index in [1.165, 1.54) is 0 Å². The number of hydrogen-bond acceptors (Lipinski definition) is 3. The molecule has 2 amide bonds. The summed E-state index contributed by atoms with van der Waals surface area (Å²) in [6, 6.07) is 1.72. The van der Waals surface area contributed by atoms with Crippen molar-refractivity contribution >= 4 is 11.8 Å². The first kappa shape index (κ1) is 12.4. The molecule has 0 aliphatic carbocycles. The number of rotatable bonds is 4. The lowest BCUT2D eigenvalue weighted by Gasteiger charge is -2.09. The molecule has 0 rings (SSSR count). The van der Waals surface area contributed by atoms with Crippen molar-refractivity contribution in [2.24, 2.45) is 5.92 Å². The lowest BCUT2D eigenvalue weighted by molar-refractivity contribution is -0.139. The van der Waals surface area contributed by atoms with Crippen molar-refractivity contribution in [2.45, 2.75) is 20.3 Å². The Morgan fingerprint density at radius 1 is 1.36 bits per heavy atom. The number of nitriles is 1. The van der Waals surface area contributed by atoms with E-state index in [2.05, 4.69) is 10.6 Å². The molecule has 0 radical (unpaired) electrons. The summed E-state index contributed by atoms with van der Waals surface area (Å²) in [4.78, 5) is 22.0. The van der Waals surface area contributed by atoms with Crippen LogP contribution in [0, 0.1) is 17.2 Å². The number of hydrogen-bond donors (Lipinski definition) is 2. The van der Waals surface area contributed by atoms with E-state index in [0.717, 1.165) is 6.42 Å². The molecule has 5 heteroatoms. The van der Waals surface area contributed by atoms with Crippen LogP contribution >= 0.6 is 0 Å². The van der Waals surface area contributed by atoms with E-state index in [9.17, 15) is 9.59 Å². The number of nitrogens with zero attached hydrogens (tertiary/aromatic N) is 1. The quantitative estimate of drug-likeness (QED) is 0.483. The number of carbonyl (C=O) groups is 2. The van der Waals surface area contributed by atoms with Crippen molar-refractivity contribution in [1.29, 1.82) is 5.26 Å². The van der Waals surface area contributed by atoms with Crippen LogP contribution in [0.4, 0.5) is 0 Å². The average Bonchev–Trinajstić information content (AvgIpc) is 2.21. The zero-order valence-electron chi connectivity index (χ0n) is 8.46. The summed E-state index contributed by atoms with van der Waals surface area (Å²) >= 11 is 0. The van der Waals surface area contributed by atoms with Crippen molar-refractivity contribution in [3.63, 3.8) is 0 Å². The highest BCUT2D eigenvalue weighted by Gasteiger charge is 2.12. The fraction of sp³-hybridized carbons (Fsp3) is 0.667. The standard InChI is InChI=1S/C9H15N3O2/c1-3-7(2)6-12-9(14)8(13)11-5-4-10/h7H,3,5-6H2,1-2H3,(H,11,13)(H,12,14). The Balaban J connectivity index is 3.74. The molecule has 0 aromatic heterocycles. The van der Waals surface area contributed by atoms with Crippen LogP contribution in [0.15, 0.2) is 0 Å². The van der Waals surface area contributed by atoms with Gasteiger partial charge >= 0.3 is 11.8 Å². The van der Waals surface area contributed by atoms with E-state index in [-0.39, 0.29) is 6.54 Å². The van der Waals surface area contributed by atoms with Gasteiger partial charge in [0.1, 0.15) is 6.54 Å². The van der Waals surface area contributed by atoms with Gasteiger partial charge in [-0.15, -0.1) is 0 Å². The Kier molecular flexibility index (Phi) is 6.12. The van der Waals surface area contributed by atoms with Crippen molar-refractivity contribution in [1.82, 2.24) is 10.6 Å². The molecule has 0 aliphatic heterocycles. The molecule has 1 unspecified atom stereocenters. The molecule has 1 atom stereocenters. The van der Waals surface area contributed by atoms with Gasteiger partial charge in [0.25, 0.3) is 0 Å². The molecule has 0 heterocycles. The Morgan fingerprint density at radius 2 is 1.93 bits per heavy atom. The zero-order chi connectivity index (χ0) is 11.0. The van der Waals surface area contributed by atoms with Crippen LogP contribution in [0.25, 0.3) is 0 Å². The van der Waals surface area contributed by atoms with E-state index in [4.69, 9.17) is 5.26 Å². The highest BCUT2D eigenvalue weighted by molar-refractivity contribution is 6.35. The number of nitrogens with one attached hydrogen (secondary N) is 2. The zero-order valence-corrected chi connectivity index (χ0v) is 8.46. The maximum Gasteiger partial charge on any atom is 0.310 e. The highest BCUT2D eigenvalue weighted by Crippen LogP contribution is 1.96. The first-order chi connectivity index (χ1) is 6.61. The molecule has 0 saturated heterocycles. The largest absolute Gasteiger partial charge is 0.348 e. The lowest BCUT2D eigenvalue weighted by Crippen LogP contribution is -2.41. The topological polar surface area (TPSA) is 82.0 Å². The van der Waals surface area contributed by atoms with Gasteiger partial charge in [0.05, 0.1) is 6.07 Å². The Bertz CT molecular complexity index is 245. The van der Waals surface area contributed by atoms with Gasteiger partial charge < -0.3 is 10.6 Å². The first-order valence-electron chi connectivity index (χ1n) is 4.54.